The highest BCUT2D eigenvalue weighted by atomic mass is 16.6. The summed E-state index contributed by atoms with van der Waals surface area (Å²) in [6, 6.07) is 0. The third-order valence-electron chi connectivity index (χ3n) is 10.2. The van der Waals surface area contributed by atoms with Gasteiger partial charge in [0.25, 0.3) is 0 Å². The normalized spacial score (nSPS) is 61.0. The van der Waals surface area contributed by atoms with Crippen LogP contribution < -0.4 is 0 Å². The second kappa shape index (κ2) is 4.31. The number of carbonyl (C=O) groups excluding carboxylic acids is 2. The highest BCUT2D eigenvalue weighted by Crippen LogP contribution is 2.81. The largest absolute Gasteiger partial charge is 0.458 e. The molecule has 0 radical (unpaired) electrons. The Balaban J connectivity index is 1.31. The number of hydrogen-bond acceptors (Lipinski definition) is 3. The van der Waals surface area contributed by atoms with E-state index in [4.69, 9.17) is 4.74 Å². The summed E-state index contributed by atoms with van der Waals surface area (Å²) in [5.41, 5.74) is 1.64. The van der Waals surface area contributed by atoms with Crippen LogP contribution in [0.4, 0.5) is 0 Å². The van der Waals surface area contributed by atoms with Crippen LogP contribution in [0, 0.1) is 52.8 Å². The zero-order chi connectivity index (χ0) is 17.4. The molecule has 0 aromatic heterocycles. The fourth-order valence-corrected chi connectivity index (χ4v) is 9.35. The van der Waals surface area contributed by atoms with Crippen LogP contribution in [-0.2, 0) is 14.3 Å². The summed E-state index contributed by atoms with van der Waals surface area (Å²) < 4.78 is 6.19. The Labute approximate surface area is 154 Å². The standard InChI is InChI=1S/C23H28O3/c1-22-6-4-13-12-3-2-11(24)8-14(12)15-9-16(15)20(13)21(22)17-10-18(17)23(22)7-5-19(25)26-23/h8,12-13,15-18,20-21H,2-7,9-10H2,1H3/t12?,13?,15-,16-,17+,18-,20?,21?,22?,23-/m0/s1. The molecule has 1 aliphatic heterocycles. The number of allylic oxidation sites excluding steroid dienone is 1. The molecular weight excluding hydrogens is 324 g/mol. The van der Waals surface area contributed by atoms with Gasteiger partial charge in [-0.1, -0.05) is 12.5 Å². The minimum absolute atomic E-state index is 0.0589. The molecule has 1 heterocycles. The van der Waals surface area contributed by atoms with Crippen LogP contribution in [-0.4, -0.2) is 17.4 Å². The molecule has 0 N–H and O–H groups in total. The van der Waals surface area contributed by atoms with Gasteiger partial charge in [0.1, 0.15) is 5.60 Å². The minimum atomic E-state index is -0.118. The predicted octanol–water partition coefficient (Wildman–Crippen LogP) is 3.92. The van der Waals surface area contributed by atoms with Crippen LogP contribution in [0.15, 0.2) is 11.6 Å². The molecule has 1 spiro atoms. The lowest BCUT2D eigenvalue weighted by Crippen LogP contribution is -2.55. The molecule has 3 nitrogen and oxygen atoms in total. The quantitative estimate of drug-likeness (QED) is 0.621. The van der Waals surface area contributed by atoms with E-state index in [1.54, 1.807) is 5.57 Å². The van der Waals surface area contributed by atoms with Gasteiger partial charge in [0.15, 0.2) is 5.78 Å². The SMILES string of the molecule is CC12CCC3C4CCC(=O)C=C4[C@@H]4C[C@@H]4C3C1[C@@H]1C[C@@H]1[C@@]21CCC(=O)O1. The van der Waals surface area contributed by atoms with Gasteiger partial charge in [-0.15, -0.1) is 0 Å². The molecule has 3 heteroatoms. The van der Waals surface area contributed by atoms with E-state index in [1.165, 1.54) is 25.7 Å². The number of esters is 1. The smallest absolute Gasteiger partial charge is 0.306 e. The van der Waals surface area contributed by atoms with Crippen molar-refractivity contribution in [3.63, 3.8) is 0 Å². The van der Waals surface area contributed by atoms with Crippen molar-refractivity contribution in [2.45, 2.75) is 63.9 Å². The first kappa shape index (κ1) is 14.9. The van der Waals surface area contributed by atoms with Crippen molar-refractivity contribution in [2.75, 3.05) is 0 Å². The van der Waals surface area contributed by atoms with Crippen LogP contribution in [0.5, 0.6) is 0 Å². The predicted molar refractivity (Wildman–Crippen MR) is 94.9 cm³/mol. The molecular formula is C23H28O3. The summed E-state index contributed by atoms with van der Waals surface area (Å²) in [6.07, 6.45) is 10.7. The van der Waals surface area contributed by atoms with Crippen molar-refractivity contribution in [1.29, 1.82) is 0 Å². The van der Waals surface area contributed by atoms with Crippen molar-refractivity contribution >= 4 is 11.8 Å². The van der Waals surface area contributed by atoms with Gasteiger partial charge >= 0.3 is 5.97 Å². The summed E-state index contributed by atoms with van der Waals surface area (Å²) in [5, 5.41) is 0. The summed E-state index contributed by atoms with van der Waals surface area (Å²) in [5.74, 6) is 6.54. The van der Waals surface area contributed by atoms with Crippen LogP contribution in [0.3, 0.4) is 0 Å². The molecule has 7 rings (SSSR count). The van der Waals surface area contributed by atoms with E-state index in [2.05, 4.69) is 13.0 Å². The van der Waals surface area contributed by atoms with Gasteiger partial charge in [-0.3, -0.25) is 9.59 Å². The topological polar surface area (TPSA) is 43.4 Å². The monoisotopic (exact) mass is 352 g/mol. The van der Waals surface area contributed by atoms with Crippen LogP contribution in [0.2, 0.25) is 0 Å². The number of fused-ring (bicyclic) bond motifs is 12. The number of ether oxygens (including phenoxy) is 1. The number of ketones is 1. The molecule has 5 unspecified atom stereocenters. The molecule has 0 bridgehead atoms. The minimum Gasteiger partial charge on any atom is -0.458 e. The summed E-state index contributed by atoms with van der Waals surface area (Å²) >= 11 is 0. The highest BCUT2D eigenvalue weighted by molar-refractivity contribution is 5.91. The molecule has 0 aromatic carbocycles. The van der Waals surface area contributed by atoms with Gasteiger partial charge in [0.05, 0.1) is 0 Å². The van der Waals surface area contributed by atoms with Crippen molar-refractivity contribution in [1.82, 2.24) is 0 Å². The molecule has 6 fully saturated rings. The van der Waals surface area contributed by atoms with Gasteiger partial charge < -0.3 is 4.74 Å². The Morgan fingerprint density at radius 3 is 2.69 bits per heavy atom. The van der Waals surface area contributed by atoms with Crippen molar-refractivity contribution in [2.24, 2.45) is 52.8 Å². The average molecular weight is 352 g/mol. The first-order valence-electron chi connectivity index (χ1n) is 11.0. The molecule has 138 valence electrons. The number of carbonyl (C=O) groups is 2. The summed E-state index contributed by atoms with van der Waals surface area (Å²) in [4.78, 5) is 24.1. The summed E-state index contributed by atoms with van der Waals surface area (Å²) in [7, 11) is 0. The van der Waals surface area contributed by atoms with Crippen molar-refractivity contribution < 1.29 is 14.3 Å². The first-order chi connectivity index (χ1) is 12.5. The lowest BCUT2D eigenvalue weighted by Gasteiger charge is -2.57. The van der Waals surface area contributed by atoms with Gasteiger partial charge in [-0.2, -0.15) is 0 Å². The summed E-state index contributed by atoms with van der Waals surface area (Å²) in [6.45, 7) is 2.49. The number of hydrogen-bond donors (Lipinski definition) is 0. The van der Waals surface area contributed by atoms with E-state index >= 15 is 0 Å². The lowest BCUT2D eigenvalue weighted by atomic mass is 9.49. The zero-order valence-corrected chi connectivity index (χ0v) is 15.6. The Kier molecular flexibility index (Phi) is 2.46. The fraction of sp³-hybridized carbons (Fsp3) is 0.826. The third-order valence-corrected chi connectivity index (χ3v) is 10.2. The van der Waals surface area contributed by atoms with E-state index in [0.717, 1.165) is 48.9 Å². The molecule has 0 amide bonds. The fourth-order valence-electron chi connectivity index (χ4n) is 9.35. The van der Waals surface area contributed by atoms with Gasteiger partial charge in [-0.25, -0.2) is 0 Å². The van der Waals surface area contributed by atoms with Crippen LogP contribution in [0.1, 0.15) is 58.3 Å². The molecule has 0 aromatic rings. The van der Waals surface area contributed by atoms with E-state index in [0.29, 0.717) is 30.0 Å². The van der Waals surface area contributed by atoms with E-state index in [1.807, 2.05) is 0 Å². The van der Waals surface area contributed by atoms with E-state index in [-0.39, 0.29) is 17.0 Å². The maximum Gasteiger partial charge on any atom is 0.306 e. The molecule has 26 heavy (non-hydrogen) atoms. The maximum absolute atomic E-state index is 12.1. The van der Waals surface area contributed by atoms with Gasteiger partial charge in [-0.05, 0) is 86.0 Å². The average Bonchev–Trinajstić information content (AvgIpc) is 3.51. The maximum atomic E-state index is 12.1. The molecule has 10 atom stereocenters. The van der Waals surface area contributed by atoms with E-state index in [9.17, 15) is 9.59 Å². The second-order valence-corrected chi connectivity index (χ2v) is 10.9. The third kappa shape index (κ3) is 1.49. The Morgan fingerprint density at radius 1 is 1.00 bits per heavy atom. The van der Waals surface area contributed by atoms with Crippen molar-refractivity contribution in [3.05, 3.63) is 11.6 Å². The molecule has 6 aliphatic carbocycles. The van der Waals surface area contributed by atoms with Gasteiger partial charge in [0, 0.05) is 24.2 Å². The van der Waals surface area contributed by atoms with Crippen LogP contribution >= 0.6 is 0 Å². The molecule has 7 aliphatic rings. The zero-order valence-electron chi connectivity index (χ0n) is 15.6. The second-order valence-electron chi connectivity index (χ2n) is 10.9. The van der Waals surface area contributed by atoms with E-state index < -0.39 is 0 Å². The Morgan fingerprint density at radius 2 is 1.88 bits per heavy atom. The lowest BCUT2D eigenvalue weighted by molar-refractivity contribution is -0.174. The first-order valence-corrected chi connectivity index (χ1v) is 11.0. The molecule has 5 saturated carbocycles. The molecule has 1 saturated heterocycles. The Hall–Kier alpha value is -1.12. The Bertz CT molecular complexity index is 782. The van der Waals surface area contributed by atoms with Crippen molar-refractivity contribution in [3.8, 4) is 0 Å². The van der Waals surface area contributed by atoms with Crippen LogP contribution in [0.25, 0.3) is 0 Å². The highest BCUT2D eigenvalue weighted by Gasteiger charge is 2.80. The van der Waals surface area contributed by atoms with Gasteiger partial charge in [0.2, 0.25) is 0 Å². The number of rotatable bonds is 0.